The van der Waals surface area contributed by atoms with Crippen LogP contribution in [0.15, 0.2) is 52.9 Å². The molecule has 1 amide bonds. The number of nitrogens with zero attached hydrogens (tertiary/aromatic N) is 1. The van der Waals surface area contributed by atoms with E-state index in [9.17, 15) is 4.79 Å². The molecule has 0 unspecified atom stereocenters. The second-order valence-corrected chi connectivity index (χ2v) is 6.49. The lowest BCUT2D eigenvalue weighted by Gasteiger charge is -2.04. The number of halogens is 2. The van der Waals surface area contributed by atoms with Crippen molar-refractivity contribution in [1.29, 1.82) is 0 Å². The number of amides is 1. The first-order valence-corrected chi connectivity index (χ1v) is 8.29. The molecule has 23 heavy (non-hydrogen) atoms. The summed E-state index contributed by atoms with van der Waals surface area (Å²) in [5.41, 5.74) is 1.68. The maximum Gasteiger partial charge on any atom is 0.292 e. The maximum absolute atomic E-state index is 12.2. The van der Waals surface area contributed by atoms with E-state index < -0.39 is 0 Å². The van der Waals surface area contributed by atoms with Gasteiger partial charge in [-0.05, 0) is 65.9 Å². The Labute approximate surface area is 152 Å². The van der Waals surface area contributed by atoms with Crippen LogP contribution >= 0.6 is 34.2 Å². The summed E-state index contributed by atoms with van der Waals surface area (Å²) in [6, 6.07) is 14.3. The Balaban J connectivity index is 1.79. The van der Waals surface area contributed by atoms with Crippen LogP contribution in [0.2, 0.25) is 5.02 Å². The van der Waals surface area contributed by atoms with Crippen molar-refractivity contribution in [3.63, 3.8) is 0 Å². The number of anilines is 1. The van der Waals surface area contributed by atoms with Gasteiger partial charge in [-0.2, -0.15) is 0 Å². The number of carbonyl (C=O) groups excluding carboxylic acids is 1. The molecule has 1 N–H and O–H groups in total. The number of hydrogen-bond donors (Lipinski definition) is 1. The summed E-state index contributed by atoms with van der Waals surface area (Å²) < 4.78 is 6.66. The molecule has 4 nitrogen and oxygen atoms in total. The topological polar surface area (TPSA) is 55.1 Å². The van der Waals surface area contributed by atoms with Crippen molar-refractivity contribution < 1.29 is 9.21 Å². The molecule has 116 valence electrons. The van der Waals surface area contributed by atoms with E-state index in [1.807, 2.05) is 25.1 Å². The molecule has 0 atom stereocenters. The number of aryl methyl sites for hydroxylation is 1. The molecular formula is C17H12ClIN2O2. The zero-order valence-electron chi connectivity index (χ0n) is 12.1. The van der Waals surface area contributed by atoms with Crippen molar-refractivity contribution in [3.05, 3.63) is 68.6 Å². The van der Waals surface area contributed by atoms with E-state index in [1.165, 1.54) is 0 Å². The van der Waals surface area contributed by atoms with Gasteiger partial charge in [0.05, 0.1) is 5.69 Å². The minimum Gasteiger partial charge on any atom is -0.451 e. The van der Waals surface area contributed by atoms with E-state index in [0.717, 1.165) is 14.8 Å². The third-order valence-electron chi connectivity index (χ3n) is 3.20. The van der Waals surface area contributed by atoms with Crippen LogP contribution in [0.25, 0.3) is 11.3 Å². The molecule has 2 aromatic heterocycles. The number of furan rings is 1. The molecule has 0 saturated heterocycles. The van der Waals surface area contributed by atoms with Crippen LogP contribution in [0, 0.1) is 10.5 Å². The van der Waals surface area contributed by atoms with E-state index in [2.05, 4.69) is 32.9 Å². The Morgan fingerprint density at radius 1 is 1.22 bits per heavy atom. The highest BCUT2D eigenvalue weighted by molar-refractivity contribution is 14.1. The summed E-state index contributed by atoms with van der Waals surface area (Å²) in [6.07, 6.45) is 0. The number of hydrogen-bond acceptors (Lipinski definition) is 3. The third-order valence-corrected chi connectivity index (χ3v) is 4.58. The van der Waals surface area contributed by atoms with Gasteiger partial charge in [0.2, 0.25) is 0 Å². The Kier molecular flexibility index (Phi) is 4.68. The highest BCUT2D eigenvalue weighted by atomic mass is 127. The van der Waals surface area contributed by atoms with Crippen molar-refractivity contribution >= 4 is 45.9 Å². The van der Waals surface area contributed by atoms with Crippen molar-refractivity contribution in [2.45, 2.75) is 6.92 Å². The molecule has 0 spiro atoms. The minimum absolute atomic E-state index is 0.220. The fourth-order valence-corrected chi connectivity index (χ4v) is 2.54. The molecule has 0 fully saturated rings. The predicted octanol–water partition coefficient (Wildman–Crippen LogP) is 5.16. The number of aromatic nitrogens is 1. The van der Waals surface area contributed by atoms with Crippen LogP contribution < -0.4 is 5.32 Å². The van der Waals surface area contributed by atoms with E-state index in [4.69, 9.17) is 16.0 Å². The Hall–Kier alpha value is -1.86. The highest BCUT2D eigenvalue weighted by Crippen LogP contribution is 2.25. The van der Waals surface area contributed by atoms with Crippen LogP contribution in [-0.4, -0.2) is 10.9 Å². The van der Waals surface area contributed by atoms with Gasteiger partial charge in [0.25, 0.3) is 5.91 Å². The summed E-state index contributed by atoms with van der Waals surface area (Å²) in [4.78, 5) is 16.6. The number of rotatable bonds is 3. The fraction of sp³-hybridized carbons (Fsp3) is 0.0588. The number of nitrogens with one attached hydrogen (secondary N) is 1. The lowest BCUT2D eigenvalue weighted by Crippen LogP contribution is -2.12. The molecule has 0 saturated carbocycles. The average molecular weight is 439 g/mol. The minimum atomic E-state index is -0.341. The predicted molar refractivity (Wildman–Crippen MR) is 98.8 cm³/mol. The largest absolute Gasteiger partial charge is 0.451 e. The Bertz CT molecular complexity index is 877. The Morgan fingerprint density at radius 3 is 2.78 bits per heavy atom. The molecule has 6 heteroatoms. The van der Waals surface area contributed by atoms with Crippen molar-refractivity contribution in [1.82, 2.24) is 4.98 Å². The summed E-state index contributed by atoms with van der Waals surface area (Å²) in [5.74, 6) is 0.961. The average Bonchev–Trinajstić information content (AvgIpc) is 3.01. The summed E-state index contributed by atoms with van der Waals surface area (Å²) in [5, 5.41) is 3.34. The van der Waals surface area contributed by atoms with Crippen LogP contribution in [0.3, 0.4) is 0 Å². The zero-order chi connectivity index (χ0) is 16.4. The van der Waals surface area contributed by atoms with Gasteiger partial charge >= 0.3 is 0 Å². The van der Waals surface area contributed by atoms with Gasteiger partial charge < -0.3 is 9.73 Å². The van der Waals surface area contributed by atoms with Gasteiger partial charge in [0.15, 0.2) is 5.76 Å². The van der Waals surface area contributed by atoms with E-state index >= 15 is 0 Å². The lowest BCUT2D eigenvalue weighted by atomic mass is 10.2. The SMILES string of the molecule is Cc1nc(NC(=O)c2ccc(-c3cccc(Cl)c3)o2)ccc1I. The summed E-state index contributed by atoms with van der Waals surface area (Å²) in [7, 11) is 0. The monoisotopic (exact) mass is 438 g/mol. The highest BCUT2D eigenvalue weighted by Gasteiger charge is 2.13. The molecule has 2 heterocycles. The van der Waals surface area contributed by atoms with Crippen molar-refractivity contribution in [2.24, 2.45) is 0 Å². The molecule has 0 aliphatic rings. The maximum atomic E-state index is 12.2. The number of benzene rings is 1. The van der Waals surface area contributed by atoms with Crippen molar-refractivity contribution in [2.75, 3.05) is 5.32 Å². The zero-order valence-corrected chi connectivity index (χ0v) is 15.1. The smallest absolute Gasteiger partial charge is 0.292 e. The van der Waals surface area contributed by atoms with Crippen LogP contribution in [0.1, 0.15) is 16.2 Å². The first kappa shape index (κ1) is 16.0. The van der Waals surface area contributed by atoms with E-state index in [-0.39, 0.29) is 11.7 Å². The Morgan fingerprint density at radius 2 is 2.04 bits per heavy atom. The van der Waals surface area contributed by atoms with Gasteiger partial charge in [-0.25, -0.2) is 4.98 Å². The normalized spacial score (nSPS) is 10.6. The molecular weight excluding hydrogens is 427 g/mol. The standard InChI is InChI=1S/C17H12ClIN2O2/c1-10-13(19)5-8-16(20-10)21-17(22)15-7-6-14(23-15)11-3-2-4-12(18)9-11/h2-9H,1H3,(H,20,21,22). The first-order valence-electron chi connectivity index (χ1n) is 6.83. The first-order chi connectivity index (χ1) is 11.0. The molecule has 0 aliphatic heterocycles. The second kappa shape index (κ2) is 6.72. The molecule has 3 aromatic rings. The lowest BCUT2D eigenvalue weighted by molar-refractivity contribution is 0.0997. The number of pyridine rings is 1. The molecule has 0 aliphatic carbocycles. The fourth-order valence-electron chi connectivity index (χ4n) is 2.05. The van der Waals surface area contributed by atoms with Crippen LogP contribution in [0.4, 0.5) is 5.82 Å². The van der Waals surface area contributed by atoms with Crippen LogP contribution in [-0.2, 0) is 0 Å². The van der Waals surface area contributed by atoms with Gasteiger partial charge in [-0.3, -0.25) is 4.79 Å². The quantitative estimate of drug-likeness (QED) is 0.575. The third kappa shape index (κ3) is 3.73. The summed E-state index contributed by atoms with van der Waals surface area (Å²) in [6.45, 7) is 1.89. The molecule has 0 radical (unpaired) electrons. The second-order valence-electron chi connectivity index (χ2n) is 4.89. The van der Waals surface area contributed by atoms with Gasteiger partial charge in [0.1, 0.15) is 11.6 Å². The van der Waals surface area contributed by atoms with E-state index in [0.29, 0.717) is 16.6 Å². The van der Waals surface area contributed by atoms with Gasteiger partial charge in [-0.1, -0.05) is 23.7 Å². The molecule has 3 rings (SSSR count). The number of carbonyl (C=O) groups is 1. The molecule has 1 aromatic carbocycles. The van der Waals surface area contributed by atoms with Crippen LogP contribution in [0.5, 0.6) is 0 Å². The summed E-state index contributed by atoms with van der Waals surface area (Å²) >= 11 is 8.16. The van der Waals surface area contributed by atoms with E-state index in [1.54, 1.807) is 30.3 Å². The van der Waals surface area contributed by atoms with Crippen molar-refractivity contribution in [3.8, 4) is 11.3 Å². The molecule has 0 bridgehead atoms. The van der Waals surface area contributed by atoms with Gasteiger partial charge in [-0.15, -0.1) is 0 Å². The van der Waals surface area contributed by atoms with Gasteiger partial charge in [0, 0.05) is 14.2 Å².